The third kappa shape index (κ3) is 4.46. The molecule has 3 rings (SSSR count). The largest absolute Gasteiger partial charge is 0.506 e. The summed E-state index contributed by atoms with van der Waals surface area (Å²) in [5.74, 6) is 0.0370. The quantitative estimate of drug-likeness (QED) is 0.614. The average Bonchev–Trinajstić information content (AvgIpc) is 2.61. The SMILES string of the molecule is Oc1c(Cl)cc(Cl)cc1/C=N/NC1=NC(N2CCOCC2)C(F)C=N1. The van der Waals surface area contributed by atoms with Crippen LogP contribution in [0.25, 0.3) is 0 Å². The Balaban J connectivity index is 1.69. The van der Waals surface area contributed by atoms with Crippen LogP contribution in [-0.4, -0.2) is 67.0 Å². The van der Waals surface area contributed by atoms with Crippen molar-refractivity contribution >= 4 is 41.6 Å². The minimum absolute atomic E-state index is 0.120. The number of aromatic hydroxyl groups is 1. The molecule has 2 N–H and O–H groups in total. The second kappa shape index (κ2) is 8.09. The molecule has 0 spiro atoms. The van der Waals surface area contributed by atoms with E-state index in [1.165, 1.54) is 24.6 Å². The molecule has 1 saturated heterocycles. The number of hydrogen-bond acceptors (Lipinski definition) is 7. The van der Waals surface area contributed by atoms with Crippen molar-refractivity contribution in [1.82, 2.24) is 10.3 Å². The number of rotatable bonds is 3. The summed E-state index contributed by atoms with van der Waals surface area (Å²) in [4.78, 5) is 10.0. The van der Waals surface area contributed by atoms with E-state index in [9.17, 15) is 9.50 Å². The highest BCUT2D eigenvalue weighted by Gasteiger charge is 2.30. The molecule has 1 fully saturated rings. The average molecular weight is 388 g/mol. The summed E-state index contributed by atoms with van der Waals surface area (Å²) in [6, 6.07) is 2.93. The summed E-state index contributed by atoms with van der Waals surface area (Å²) in [6.07, 6.45) is 0.575. The van der Waals surface area contributed by atoms with Gasteiger partial charge in [-0.15, -0.1) is 0 Å². The highest BCUT2D eigenvalue weighted by Crippen LogP contribution is 2.29. The van der Waals surface area contributed by atoms with Crippen molar-refractivity contribution in [3.05, 3.63) is 27.7 Å². The summed E-state index contributed by atoms with van der Waals surface area (Å²) in [5, 5.41) is 14.3. The molecule has 2 unspecified atom stereocenters. The van der Waals surface area contributed by atoms with Gasteiger partial charge >= 0.3 is 0 Å². The zero-order valence-electron chi connectivity index (χ0n) is 13.1. The normalized spacial score (nSPS) is 24.5. The van der Waals surface area contributed by atoms with Crippen LogP contribution in [0.1, 0.15) is 5.56 Å². The van der Waals surface area contributed by atoms with Crippen LogP contribution in [0.3, 0.4) is 0 Å². The zero-order valence-corrected chi connectivity index (χ0v) is 14.6. The van der Waals surface area contributed by atoms with E-state index in [4.69, 9.17) is 27.9 Å². The topological polar surface area (TPSA) is 81.8 Å². The van der Waals surface area contributed by atoms with E-state index in [-0.39, 0.29) is 16.7 Å². The summed E-state index contributed by atoms with van der Waals surface area (Å²) in [6.45, 7) is 2.30. The smallest absolute Gasteiger partial charge is 0.240 e. The van der Waals surface area contributed by atoms with Crippen LogP contribution in [0, 0.1) is 0 Å². The number of halogens is 3. The fourth-order valence-corrected chi connectivity index (χ4v) is 2.98. The van der Waals surface area contributed by atoms with E-state index in [1.54, 1.807) is 0 Å². The predicted octanol–water partition coefficient (Wildman–Crippen LogP) is 2.06. The molecule has 7 nitrogen and oxygen atoms in total. The highest BCUT2D eigenvalue weighted by atomic mass is 35.5. The van der Waals surface area contributed by atoms with Crippen LogP contribution in [0.5, 0.6) is 5.75 Å². The molecule has 0 saturated carbocycles. The number of hydrogen-bond donors (Lipinski definition) is 2. The Morgan fingerprint density at radius 2 is 2.12 bits per heavy atom. The van der Waals surface area contributed by atoms with Crippen molar-refractivity contribution in [2.45, 2.75) is 12.3 Å². The monoisotopic (exact) mass is 387 g/mol. The number of nitrogens with one attached hydrogen (secondary N) is 1. The Morgan fingerprint density at radius 3 is 2.88 bits per heavy atom. The molecule has 134 valence electrons. The standard InChI is InChI=1S/C15H16Cl2FN5O2/c16-10-5-9(13(24)11(17)6-10)7-20-22-15-19-8-12(18)14(21-15)23-1-3-25-4-2-23/h5-8,12,14,24H,1-4H2,(H,21,22)/b20-7+. The van der Waals surface area contributed by atoms with Crippen LogP contribution in [-0.2, 0) is 4.74 Å². The Labute approximate surface area is 153 Å². The summed E-state index contributed by atoms with van der Waals surface area (Å²) >= 11 is 11.7. The van der Waals surface area contributed by atoms with Crippen molar-refractivity contribution in [2.75, 3.05) is 26.3 Å². The lowest BCUT2D eigenvalue weighted by Gasteiger charge is -2.33. The van der Waals surface area contributed by atoms with Gasteiger partial charge in [0.05, 0.1) is 24.5 Å². The van der Waals surface area contributed by atoms with Crippen molar-refractivity contribution in [3.63, 3.8) is 0 Å². The number of benzene rings is 1. The molecular formula is C15H16Cl2FN5O2. The van der Waals surface area contributed by atoms with E-state index in [0.717, 1.165) is 0 Å². The van der Waals surface area contributed by atoms with E-state index in [0.29, 0.717) is 36.9 Å². The molecule has 25 heavy (non-hydrogen) atoms. The number of ether oxygens (including phenoxy) is 1. The maximum Gasteiger partial charge on any atom is 0.240 e. The number of morpholine rings is 1. The number of phenolic OH excluding ortho intramolecular Hbond substituents is 1. The predicted molar refractivity (Wildman–Crippen MR) is 95.9 cm³/mol. The minimum Gasteiger partial charge on any atom is -0.506 e. The summed E-state index contributed by atoms with van der Waals surface area (Å²) in [7, 11) is 0. The van der Waals surface area contributed by atoms with E-state index < -0.39 is 12.3 Å². The molecule has 0 aliphatic carbocycles. The minimum atomic E-state index is -1.29. The van der Waals surface area contributed by atoms with Gasteiger partial charge in [-0.3, -0.25) is 4.90 Å². The van der Waals surface area contributed by atoms with Gasteiger partial charge in [0, 0.05) is 29.9 Å². The molecule has 2 atom stereocenters. The molecule has 1 aromatic carbocycles. The number of alkyl halides is 1. The van der Waals surface area contributed by atoms with E-state index >= 15 is 0 Å². The highest BCUT2D eigenvalue weighted by molar-refractivity contribution is 6.36. The first kappa shape index (κ1) is 18.1. The molecule has 10 heteroatoms. The van der Waals surface area contributed by atoms with E-state index in [2.05, 4.69) is 20.5 Å². The van der Waals surface area contributed by atoms with Crippen LogP contribution < -0.4 is 5.43 Å². The number of phenols is 1. The zero-order chi connectivity index (χ0) is 17.8. The first-order valence-electron chi connectivity index (χ1n) is 7.59. The Bertz CT molecular complexity index is 722. The molecule has 0 bridgehead atoms. The number of hydrazone groups is 1. The van der Waals surface area contributed by atoms with Crippen LogP contribution in [0.4, 0.5) is 4.39 Å². The molecule has 0 radical (unpaired) electrons. The third-order valence-electron chi connectivity index (χ3n) is 3.72. The molecule has 2 heterocycles. The van der Waals surface area contributed by atoms with Gasteiger partial charge < -0.3 is 9.84 Å². The van der Waals surface area contributed by atoms with Gasteiger partial charge in [0.2, 0.25) is 5.96 Å². The van der Waals surface area contributed by atoms with Gasteiger partial charge in [-0.2, -0.15) is 5.10 Å². The molecule has 0 aromatic heterocycles. The third-order valence-corrected chi connectivity index (χ3v) is 4.23. The molecular weight excluding hydrogens is 372 g/mol. The second-order valence-corrected chi connectivity index (χ2v) is 6.28. The van der Waals surface area contributed by atoms with Gasteiger partial charge in [-0.1, -0.05) is 23.2 Å². The Hall–Kier alpha value is -1.74. The molecule has 1 aromatic rings. The van der Waals surface area contributed by atoms with Crippen LogP contribution in [0.15, 0.2) is 27.2 Å². The number of guanidine groups is 1. The van der Waals surface area contributed by atoms with Crippen molar-refractivity contribution in [2.24, 2.45) is 15.1 Å². The molecule has 0 amide bonds. The lowest BCUT2D eigenvalue weighted by Crippen LogP contribution is -2.49. The fraction of sp³-hybridized carbons (Fsp3) is 0.400. The maximum atomic E-state index is 14.1. The van der Waals surface area contributed by atoms with Gasteiger partial charge in [-0.25, -0.2) is 19.8 Å². The summed E-state index contributed by atoms with van der Waals surface area (Å²) in [5.41, 5.74) is 2.96. The number of aliphatic imine (C=N–C) groups is 2. The van der Waals surface area contributed by atoms with Gasteiger partial charge in [0.1, 0.15) is 11.9 Å². The first-order valence-corrected chi connectivity index (χ1v) is 8.35. The van der Waals surface area contributed by atoms with Gasteiger partial charge in [0.15, 0.2) is 6.17 Å². The lowest BCUT2D eigenvalue weighted by atomic mass is 10.2. The molecule has 2 aliphatic heterocycles. The second-order valence-electron chi connectivity index (χ2n) is 5.43. The Morgan fingerprint density at radius 1 is 1.36 bits per heavy atom. The fourth-order valence-electron chi connectivity index (χ4n) is 2.48. The van der Waals surface area contributed by atoms with Crippen LogP contribution >= 0.6 is 23.2 Å². The molecule has 2 aliphatic rings. The Kier molecular flexibility index (Phi) is 5.85. The number of nitrogens with zero attached hydrogens (tertiary/aromatic N) is 4. The first-order chi connectivity index (χ1) is 12.0. The van der Waals surface area contributed by atoms with Crippen molar-refractivity contribution in [3.8, 4) is 5.75 Å². The lowest BCUT2D eigenvalue weighted by molar-refractivity contribution is 0.00754. The van der Waals surface area contributed by atoms with Crippen molar-refractivity contribution in [1.29, 1.82) is 0 Å². The van der Waals surface area contributed by atoms with Crippen molar-refractivity contribution < 1.29 is 14.2 Å². The maximum absolute atomic E-state index is 14.1. The van der Waals surface area contributed by atoms with Gasteiger partial charge in [0.25, 0.3) is 0 Å². The van der Waals surface area contributed by atoms with Crippen LogP contribution in [0.2, 0.25) is 10.0 Å². The van der Waals surface area contributed by atoms with E-state index in [1.807, 2.05) is 4.90 Å². The van der Waals surface area contributed by atoms with Gasteiger partial charge in [-0.05, 0) is 12.1 Å². The summed E-state index contributed by atoms with van der Waals surface area (Å²) < 4.78 is 19.3.